The first-order valence-corrected chi connectivity index (χ1v) is 12.6. The van der Waals surface area contributed by atoms with Crippen LogP contribution in [0.25, 0.3) is 10.9 Å². The highest BCUT2D eigenvalue weighted by molar-refractivity contribution is 5.82. The summed E-state index contributed by atoms with van der Waals surface area (Å²) in [7, 11) is 0. The number of nitrogens with zero attached hydrogens (tertiary/aromatic N) is 5. The molecule has 0 amide bonds. The van der Waals surface area contributed by atoms with Crippen molar-refractivity contribution in [3.63, 3.8) is 0 Å². The van der Waals surface area contributed by atoms with Crippen molar-refractivity contribution in [3.05, 3.63) is 103 Å². The normalized spacial score (nSPS) is 26.6. The molecule has 2 bridgehead atoms. The molecule has 0 saturated carbocycles. The Bertz CT molecular complexity index is 1330. The van der Waals surface area contributed by atoms with Crippen LogP contribution in [0, 0.1) is 11.8 Å². The van der Waals surface area contributed by atoms with Crippen LogP contribution in [0.2, 0.25) is 0 Å². The summed E-state index contributed by atoms with van der Waals surface area (Å²) in [6, 6.07) is 20.6. The van der Waals surface area contributed by atoms with Gasteiger partial charge in [-0.25, -0.2) is 4.68 Å². The largest absolute Gasteiger partial charge is 0.382 e. The van der Waals surface area contributed by atoms with Gasteiger partial charge >= 0.3 is 0 Å². The Hall–Kier alpha value is -3.35. The molecule has 5 heterocycles. The van der Waals surface area contributed by atoms with Crippen molar-refractivity contribution in [1.82, 2.24) is 20.0 Å². The number of aliphatic hydroxyl groups excluding tert-OH is 1. The average molecular weight is 467 g/mol. The van der Waals surface area contributed by atoms with Crippen molar-refractivity contribution in [1.29, 1.82) is 0 Å². The second-order valence-corrected chi connectivity index (χ2v) is 10.3. The molecule has 3 fully saturated rings. The predicted molar refractivity (Wildman–Crippen MR) is 136 cm³/mol. The molecular weight excluding hydrogens is 434 g/mol. The van der Waals surface area contributed by atoms with Crippen molar-refractivity contribution in [2.45, 2.75) is 38.1 Å². The summed E-state index contributed by atoms with van der Waals surface area (Å²) in [6.07, 6.45) is 7.63. The molecule has 0 unspecified atom stereocenters. The molecule has 178 valence electrons. The van der Waals surface area contributed by atoms with Crippen molar-refractivity contribution in [2.24, 2.45) is 11.8 Å². The molecule has 0 aliphatic carbocycles. The van der Waals surface area contributed by atoms with Gasteiger partial charge in [-0.3, -0.25) is 4.98 Å². The molecule has 3 aliphatic rings. The van der Waals surface area contributed by atoms with E-state index in [2.05, 4.69) is 52.3 Å². The second-order valence-electron chi connectivity index (χ2n) is 10.3. The molecule has 35 heavy (non-hydrogen) atoms. The number of quaternary nitrogens is 1. The lowest BCUT2D eigenvalue weighted by molar-refractivity contribution is -0.985. The van der Waals surface area contributed by atoms with Gasteiger partial charge in [0.25, 0.3) is 0 Å². The summed E-state index contributed by atoms with van der Waals surface area (Å²) in [4.78, 5) is 4.51. The summed E-state index contributed by atoms with van der Waals surface area (Å²) in [5.74, 6) is 1.05. The zero-order valence-electron chi connectivity index (χ0n) is 19.9. The lowest BCUT2D eigenvalue weighted by atomic mass is 9.71. The number of aliphatic hydroxyl groups is 1. The number of benzene rings is 2. The topological polar surface area (TPSA) is 63.8 Å². The molecular formula is C29H32N5O+. The van der Waals surface area contributed by atoms with Gasteiger partial charge in [-0.2, -0.15) is 0 Å². The van der Waals surface area contributed by atoms with Crippen molar-refractivity contribution >= 4 is 10.9 Å². The fourth-order valence-corrected chi connectivity index (χ4v) is 6.55. The first-order valence-electron chi connectivity index (χ1n) is 12.6. The maximum atomic E-state index is 11.9. The van der Waals surface area contributed by atoms with Crippen molar-refractivity contribution in [2.75, 3.05) is 13.1 Å². The van der Waals surface area contributed by atoms with E-state index in [1.54, 1.807) is 0 Å². The first kappa shape index (κ1) is 22.1. The van der Waals surface area contributed by atoms with Crippen LogP contribution in [0.15, 0.2) is 85.7 Å². The third-order valence-corrected chi connectivity index (χ3v) is 8.29. The maximum absolute atomic E-state index is 11.9. The van der Waals surface area contributed by atoms with E-state index in [0.29, 0.717) is 18.4 Å². The van der Waals surface area contributed by atoms with E-state index < -0.39 is 6.10 Å². The molecule has 1 N–H and O–H groups in total. The molecule has 2 aromatic carbocycles. The summed E-state index contributed by atoms with van der Waals surface area (Å²) in [5, 5.41) is 21.9. The Balaban J connectivity index is 1.32. The molecule has 3 aliphatic heterocycles. The lowest BCUT2D eigenvalue weighted by Crippen LogP contribution is -2.67. The minimum atomic E-state index is -0.559. The summed E-state index contributed by atoms with van der Waals surface area (Å²) >= 11 is 0. The minimum Gasteiger partial charge on any atom is -0.382 e. The van der Waals surface area contributed by atoms with Crippen LogP contribution in [0.1, 0.15) is 35.8 Å². The molecule has 6 heteroatoms. The van der Waals surface area contributed by atoms with Gasteiger partial charge in [-0.1, -0.05) is 59.8 Å². The smallest absolute Gasteiger partial charge is 0.137 e. The zero-order chi connectivity index (χ0) is 23.8. The molecule has 5 atom stereocenters. The Morgan fingerprint density at radius 2 is 1.94 bits per heavy atom. The van der Waals surface area contributed by atoms with E-state index in [1.165, 1.54) is 5.56 Å². The van der Waals surface area contributed by atoms with Gasteiger partial charge in [0.15, 0.2) is 0 Å². The SMILES string of the molecule is C=C[C@H]1C[N@+]2(Cc3cn(Cc4ccccc4)nn3)CC[C@H]1C[C@H]2[C@H](O)c1ccnc2ccccc12. The van der Waals surface area contributed by atoms with Crippen LogP contribution in [0.4, 0.5) is 0 Å². The van der Waals surface area contributed by atoms with Crippen molar-refractivity contribution < 1.29 is 9.59 Å². The van der Waals surface area contributed by atoms with E-state index >= 15 is 0 Å². The Labute approximate surface area is 206 Å². The van der Waals surface area contributed by atoms with E-state index in [0.717, 1.165) is 59.1 Å². The number of fused-ring (bicyclic) bond motifs is 4. The monoisotopic (exact) mass is 466 g/mol. The fourth-order valence-electron chi connectivity index (χ4n) is 6.55. The minimum absolute atomic E-state index is 0.107. The van der Waals surface area contributed by atoms with E-state index in [9.17, 15) is 5.11 Å². The second kappa shape index (κ2) is 9.02. The number of para-hydroxylation sites is 1. The van der Waals surface area contributed by atoms with Crippen LogP contribution in [-0.4, -0.2) is 48.7 Å². The lowest BCUT2D eigenvalue weighted by Gasteiger charge is -2.57. The van der Waals surface area contributed by atoms with Gasteiger partial charge in [0.05, 0.1) is 31.3 Å². The van der Waals surface area contributed by atoms with Gasteiger partial charge in [0, 0.05) is 30.3 Å². The van der Waals surface area contributed by atoms with Gasteiger partial charge in [-0.15, -0.1) is 11.7 Å². The van der Waals surface area contributed by atoms with Gasteiger partial charge in [0.1, 0.15) is 24.4 Å². The van der Waals surface area contributed by atoms with E-state index in [1.807, 2.05) is 53.3 Å². The summed E-state index contributed by atoms with van der Waals surface area (Å²) in [5.41, 5.74) is 4.10. The number of hydrogen-bond acceptors (Lipinski definition) is 4. The number of hydrogen-bond donors (Lipinski definition) is 1. The number of piperidine rings is 3. The quantitative estimate of drug-likeness (QED) is 0.321. The van der Waals surface area contributed by atoms with Crippen LogP contribution < -0.4 is 0 Å². The highest BCUT2D eigenvalue weighted by Gasteiger charge is 2.54. The number of pyridine rings is 1. The highest BCUT2D eigenvalue weighted by Crippen LogP contribution is 2.47. The number of aromatic nitrogens is 4. The Morgan fingerprint density at radius 1 is 1.11 bits per heavy atom. The molecule has 3 saturated heterocycles. The molecule has 4 aromatic rings. The van der Waals surface area contributed by atoms with E-state index in [4.69, 9.17) is 0 Å². The van der Waals surface area contributed by atoms with Crippen LogP contribution in [-0.2, 0) is 13.1 Å². The standard InChI is InChI=1S/C29H32N5O/c1-2-22-19-34(20-24-18-33(32-31-24)17-21-8-4-3-5-9-21)15-13-23(22)16-28(34)29(35)26-12-14-30-27-11-7-6-10-25(26)27/h2-12,14,18,22-23,28-29,35H,1,13,15-17,19-20H2/q+1/t22-,23-,28-,29+,34-/m0/s1. The van der Waals surface area contributed by atoms with E-state index in [-0.39, 0.29) is 6.04 Å². The summed E-state index contributed by atoms with van der Waals surface area (Å²) < 4.78 is 2.75. The Morgan fingerprint density at radius 3 is 2.80 bits per heavy atom. The molecule has 2 aromatic heterocycles. The van der Waals surface area contributed by atoms with Gasteiger partial charge in [0.2, 0.25) is 0 Å². The van der Waals surface area contributed by atoms with Crippen LogP contribution >= 0.6 is 0 Å². The Kier molecular flexibility index (Phi) is 5.71. The molecule has 6 nitrogen and oxygen atoms in total. The van der Waals surface area contributed by atoms with Crippen LogP contribution in [0.5, 0.6) is 0 Å². The van der Waals surface area contributed by atoms with Gasteiger partial charge < -0.3 is 9.59 Å². The first-order chi connectivity index (χ1) is 17.1. The van der Waals surface area contributed by atoms with Crippen LogP contribution in [0.3, 0.4) is 0 Å². The number of rotatable bonds is 7. The maximum Gasteiger partial charge on any atom is 0.137 e. The summed E-state index contributed by atoms with van der Waals surface area (Å²) in [6.45, 7) is 7.67. The van der Waals surface area contributed by atoms with Gasteiger partial charge in [-0.05, 0) is 29.2 Å². The average Bonchev–Trinajstić information content (AvgIpc) is 3.34. The molecule has 7 rings (SSSR count). The third-order valence-electron chi connectivity index (χ3n) is 8.29. The third kappa shape index (κ3) is 4.07. The molecule has 0 radical (unpaired) electrons. The van der Waals surface area contributed by atoms with Crippen molar-refractivity contribution in [3.8, 4) is 0 Å². The predicted octanol–water partition coefficient (Wildman–Crippen LogP) is 4.52. The highest BCUT2D eigenvalue weighted by atomic mass is 16.3. The molecule has 0 spiro atoms. The fraction of sp³-hybridized carbons (Fsp3) is 0.345. The zero-order valence-corrected chi connectivity index (χ0v) is 19.9.